The molecule has 2 heterocycles. The molecule has 3 aromatic rings. The zero-order valence-corrected chi connectivity index (χ0v) is 13.2. The van der Waals surface area contributed by atoms with Gasteiger partial charge in [-0.05, 0) is 42.7 Å². The van der Waals surface area contributed by atoms with E-state index >= 15 is 0 Å². The Morgan fingerprint density at radius 2 is 2.17 bits per heavy atom. The van der Waals surface area contributed by atoms with Crippen molar-refractivity contribution in [2.75, 3.05) is 0 Å². The number of nitriles is 1. The summed E-state index contributed by atoms with van der Waals surface area (Å²) in [6.07, 6.45) is 6.08. The lowest BCUT2D eigenvalue weighted by molar-refractivity contribution is 0.917. The summed E-state index contributed by atoms with van der Waals surface area (Å²) in [6.45, 7) is 2.04. The topological polar surface area (TPSA) is 78.3 Å². The van der Waals surface area contributed by atoms with E-state index < -0.39 is 0 Å². The number of aryl methyl sites for hydroxylation is 3. The molecule has 1 N–H and O–H groups in total. The number of fused-ring (bicyclic) bond motifs is 1. The number of benzene rings is 1. The number of aromatic nitrogens is 3. The summed E-state index contributed by atoms with van der Waals surface area (Å²) in [7, 11) is 1.93. The van der Waals surface area contributed by atoms with E-state index in [1.54, 1.807) is 12.5 Å². The molecule has 0 amide bonds. The van der Waals surface area contributed by atoms with Crippen LogP contribution in [0.25, 0.3) is 22.3 Å². The van der Waals surface area contributed by atoms with Crippen molar-refractivity contribution in [1.82, 2.24) is 14.5 Å². The molecule has 2 aromatic heterocycles. The highest BCUT2D eigenvalue weighted by atomic mass is 15.0. The second-order valence-corrected chi connectivity index (χ2v) is 5.58. The second-order valence-electron chi connectivity index (χ2n) is 5.58. The van der Waals surface area contributed by atoms with Crippen molar-refractivity contribution in [1.29, 1.82) is 10.7 Å². The van der Waals surface area contributed by atoms with Gasteiger partial charge in [-0.1, -0.05) is 0 Å². The predicted octanol–water partition coefficient (Wildman–Crippen LogP) is 3.40. The Labute approximate surface area is 134 Å². The van der Waals surface area contributed by atoms with Gasteiger partial charge in [0.05, 0.1) is 35.5 Å². The normalized spacial score (nSPS) is 10.7. The van der Waals surface area contributed by atoms with Crippen molar-refractivity contribution in [3.05, 3.63) is 47.4 Å². The van der Waals surface area contributed by atoms with Gasteiger partial charge in [-0.2, -0.15) is 5.26 Å². The number of hydrogen-bond acceptors (Lipinski definition) is 4. The highest BCUT2D eigenvalue weighted by Crippen LogP contribution is 2.26. The van der Waals surface area contributed by atoms with Crippen molar-refractivity contribution >= 4 is 17.1 Å². The molecule has 0 aliphatic rings. The van der Waals surface area contributed by atoms with E-state index in [1.807, 2.05) is 30.7 Å². The minimum absolute atomic E-state index is 0.493. The van der Waals surface area contributed by atoms with Gasteiger partial charge in [0.15, 0.2) is 0 Å². The molecule has 114 valence electrons. The average Bonchev–Trinajstić information content (AvgIpc) is 2.98. The van der Waals surface area contributed by atoms with Crippen LogP contribution < -0.4 is 0 Å². The summed E-state index contributed by atoms with van der Waals surface area (Å²) < 4.78 is 1.91. The van der Waals surface area contributed by atoms with Gasteiger partial charge in [-0.3, -0.25) is 0 Å². The first-order valence-corrected chi connectivity index (χ1v) is 7.42. The summed E-state index contributed by atoms with van der Waals surface area (Å²) in [5.41, 5.74) is 5.67. The Kier molecular flexibility index (Phi) is 3.90. The van der Waals surface area contributed by atoms with Crippen molar-refractivity contribution in [3.8, 4) is 17.5 Å². The van der Waals surface area contributed by atoms with E-state index in [0.717, 1.165) is 45.4 Å². The first kappa shape index (κ1) is 14.9. The van der Waals surface area contributed by atoms with Gasteiger partial charge < -0.3 is 9.98 Å². The lowest BCUT2D eigenvalue weighted by Gasteiger charge is -2.11. The first-order valence-electron chi connectivity index (χ1n) is 7.42. The van der Waals surface area contributed by atoms with E-state index in [0.29, 0.717) is 6.42 Å². The average molecular weight is 303 g/mol. The van der Waals surface area contributed by atoms with Gasteiger partial charge in [-0.15, -0.1) is 0 Å². The van der Waals surface area contributed by atoms with Gasteiger partial charge in [0, 0.05) is 30.6 Å². The monoisotopic (exact) mass is 303 g/mol. The molecule has 1 aromatic carbocycles. The fraction of sp³-hybridized carbons (Fsp3) is 0.222. The van der Waals surface area contributed by atoms with Gasteiger partial charge in [0.2, 0.25) is 0 Å². The van der Waals surface area contributed by atoms with Crippen LogP contribution >= 0.6 is 0 Å². The van der Waals surface area contributed by atoms with Crippen molar-refractivity contribution in [3.63, 3.8) is 0 Å². The van der Waals surface area contributed by atoms with Crippen LogP contribution in [0.2, 0.25) is 0 Å². The molecule has 0 fully saturated rings. The van der Waals surface area contributed by atoms with E-state index in [9.17, 15) is 0 Å². The summed E-state index contributed by atoms with van der Waals surface area (Å²) in [4.78, 5) is 8.87. The summed E-state index contributed by atoms with van der Waals surface area (Å²) in [5, 5.41) is 17.5. The van der Waals surface area contributed by atoms with E-state index in [4.69, 9.17) is 15.7 Å². The molecule has 0 aliphatic heterocycles. The molecule has 0 aliphatic carbocycles. The fourth-order valence-corrected chi connectivity index (χ4v) is 2.76. The number of imidazole rings is 1. The molecule has 5 nitrogen and oxygen atoms in total. The minimum atomic E-state index is 0.493. The summed E-state index contributed by atoms with van der Waals surface area (Å²) in [5.74, 6) is 0. The van der Waals surface area contributed by atoms with Crippen LogP contribution in [0.5, 0.6) is 0 Å². The highest BCUT2D eigenvalue weighted by Gasteiger charge is 2.11. The fourth-order valence-electron chi connectivity index (χ4n) is 2.76. The third kappa shape index (κ3) is 2.71. The van der Waals surface area contributed by atoms with Crippen LogP contribution in [0.4, 0.5) is 0 Å². The van der Waals surface area contributed by atoms with Crippen LogP contribution in [-0.2, 0) is 13.5 Å². The molecule has 0 atom stereocenters. The van der Waals surface area contributed by atoms with Crippen LogP contribution in [0.3, 0.4) is 0 Å². The van der Waals surface area contributed by atoms with E-state index in [-0.39, 0.29) is 0 Å². The van der Waals surface area contributed by atoms with Crippen LogP contribution in [0, 0.1) is 23.7 Å². The maximum Gasteiger partial charge on any atom is 0.0948 e. The maximum absolute atomic E-state index is 8.79. The third-order valence-electron chi connectivity index (χ3n) is 4.04. The quantitative estimate of drug-likeness (QED) is 0.750. The number of rotatable bonds is 4. The predicted molar refractivity (Wildman–Crippen MR) is 90.5 cm³/mol. The Morgan fingerprint density at radius 1 is 1.35 bits per heavy atom. The number of pyridine rings is 1. The Hall–Kier alpha value is -3.00. The SMILES string of the molecule is Cc1cc2nc(-c3cncn3C)cc(C=N)c2cc1CCC#N. The molecule has 0 saturated carbocycles. The summed E-state index contributed by atoms with van der Waals surface area (Å²) in [6, 6.07) is 8.19. The number of nitrogens with zero attached hydrogens (tertiary/aromatic N) is 4. The maximum atomic E-state index is 8.79. The van der Waals surface area contributed by atoms with Crippen molar-refractivity contribution in [2.45, 2.75) is 19.8 Å². The molecule has 23 heavy (non-hydrogen) atoms. The number of hydrogen-bond donors (Lipinski definition) is 1. The van der Waals surface area contributed by atoms with E-state index in [2.05, 4.69) is 17.1 Å². The Bertz CT molecular complexity index is 930. The smallest absolute Gasteiger partial charge is 0.0948 e. The molecular formula is C18H17N5. The minimum Gasteiger partial charge on any atom is -0.332 e. The van der Waals surface area contributed by atoms with Crippen molar-refractivity contribution < 1.29 is 0 Å². The largest absolute Gasteiger partial charge is 0.332 e. The molecule has 0 bridgehead atoms. The highest BCUT2D eigenvalue weighted by molar-refractivity contribution is 5.99. The molecule has 0 radical (unpaired) electrons. The van der Waals surface area contributed by atoms with Crippen molar-refractivity contribution in [2.24, 2.45) is 7.05 Å². The molecule has 0 spiro atoms. The van der Waals surface area contributed by atoms with Crippen LogP contribution in [0.15, 0.2) is 30.7 Å². The number of nitrogens with one attached hydrogen (secondary N) is 1. The summed E-state index contributed by atoms with van der Waals surface area (Å²) >= 11 is 0. The van der Waals surface area contributed by atoms with Crippen LogP contribution in [-0.4, -0.2) is 20.7 Å². The van der Waals surface area contributed by atoms with E-state index in [1.165, 1.54) is 6.21 Å². The zero-order valence-electron chi connectivity index (χ0n) is 13.2. The third-order valence-corrected chi connectivity index (χ3v) is 4.04. The van der Waals surface area contributed by atoms with Crippen LogP contribution in [0.1, 0.15) is 23.1 Å². The molecule has 5 heteroatoms. The van der Waals surface area contributed by atoms with Gasteiger partial charge >= 0.3 is 0 Å². The molecular weight excluding hydrogens is 286 g/mol. The standard InChI is InChI=1S/C18H17N5/c1-12-6-16-15(7-13(12)4-3-5-19)14(9-20)8-17(22-16)18-10-21-11-23(18)2/h6-11,20H,3-4H2,1-2H3. The lowest BCUT2D eigenvalue weighted by Crippen LogP contribution is -1.98. The van der Waals surface area contributed by atoms with Gasteiger partial charge in [-0.25, -0.2) is 9.97 Å². The molecule has 3 rings (SSSR count). The second kappa shape index (κ2) is 6.01. The van der Waals surface area contributed by atoms with Gasteiger partial charge in [0.1, 0.15) is 0 Å². The Balaban J connectivity index is 2.21. The molecule has 0 unspecified atom stereocenters. The lowest BCUT2D eigenvalue weighted by atomic mass is 9.98. The molecule has 0 saturated heterocycles. The first-order chi connectivity index (χ1) is 11.1. The zero-order chi connectivity index (χ0) is 16.4. The Morgan fingerprint density at radius 3 is 2.83 bits per heavy atom. The van der Waals surface area contributed by atoms with Gasteiger partial charge in [0.25, 0.3) is 0 Å².